The highest BCUT2D eigenvalue weighted by atomic mass is 16.5. The van der Waals surface area contributed by atoms with E-state index in [4.69, 9.17) is 4.74 Å². The summed E-state index contributed by atoms with van der Waals surface area (Å²) in [6.45, 7) is 8.55. The van der Waals surface area contributed by atoms with Crippen molar-refractivity contribution in [3.63, 3.8) is 0 Å². The molecule has 0 spiro atoms. The number of ether oxygens (including phenoxy) is 1. The zero-order chi connectivity index (χ0) is 23.6. The Kier molecular flexibility index (Phi) is 7.03. The van der Waals surface area contributed by atoms with E-state index in [1.165, 1.54) is 0 Å². The lowest BCUT2D eigenvalue weighted by Crippen LogP contribution is -2.32. The summed E-state index contributed by atoms with van der Waals surface area (Å²) >= 11 is 0. The molecule has 1 amide bonds. The Morgan fingerprint density at radius 1 is 1.28 bits per heavy atom. The van der Waals surface area contributed by atoms with Gasteiger partial charge in [-0.05, 0) is 72.5 Å². The minimum atomic E-state index is -0.707. The molecule has 2 aromatic rings. The van der Waals surface area contributed by atoms with Crippen molar-refractivity contribution in [3.8, 4) is 5.75 Å². The van der Waals surface area contributed by atoms with Gasteiger partial charge in [0.15, 0.2) is 0 Å². The van der Waals surface area contributed by atoms with Crippen molar-refractivity contribution in [1.82, 2.24) is 20.0 Å². The molecule has 0 bridgehead atoms. The first-order valence-corrected chi connectivity index (χ1v) is 10.8. The molecule has 1 aromatic carbocycles. The normalized spacial score (nSPS) is 18.2. The Balaban J connectivity index is 2.13. The highest BCUT2D eigenvalue weighted by Gasteiger charge is 2.46. The van der Waals surface area contributed by atoms with Crippen LogP contribution in [-0.4, -0.2) is 70.1 Å². The summed E-state index contributed by atoms with van der Waals surface area (Å²) in [4.78, 5) is 29.8. The van der Waals surface area contributed by atoms with E-state index in [2.05, 4.69) is 10.2 Å². The van der Waals surface area contributed by atoms with E-state index in [1.807, 2.05) is 57.1 Å². The molecule has 1 atom stereocenters. The van der Waals surface area contributed by atoms with Crippen LogP contribution in [0.3, 0.4) is 0 Å². The van der Waals surface area contributed by atoms with Crippen molar-refractivity contribution in [1.29, 1.82) is 0 Å². The summed E-state index contributed by atoms with van der Waals surface area (Å²) in [5.41, 5.74) is 2.45. The van der Waals surface area contributed by atoms with Crippen LogP contribution in [0.2, 0.25) is 0 Å². The predicted octanol–water partition coefficient (Wildman–Crippen LogP) is 3.19. The zero-order valence-electron chi connectivity index (χ0n) is 19.6. The standard InChI is InChI=1S/C24H32N4O4/c1-14(2)32-18-10-7-9-17(13-18)21-20(22(29)19-15(3)25-26-16(19)4)23(30)24(31)28(21)12-8-11-27(5)6/h7,9-10,13-14,21,29H,8,11-12H2,1-6H3,(H,25,26)/b22-20+/t21-/m1/s1. The van der Waals surface area contributed by atoms with Crippen molar-refractivity contribution in [2.45, 2.75) is 46.3 Å². The second-order valence-electron chi connectivity index (χ2n) is 8.70. The number of carbonyl (C=O) groups excluding carboxylic acids is 2. The van der Waals surface area contributed by atoms with Crippen molar-refractivity contribution in [3.05, 3.63) is 52.4 Å². The molecule has 0 radical (unpaired) electrons. The van der Waals surface area contributed by atoms with Gasteiger partial charge in [0, 0.05) is 12.2 Å². The lowest BCUT2D eigenvalue weighted by Gasteiger charge is -2.26. The molecule has 1 aromatic heterocycles. The fourth-order valence-electron chi connectivity index (χ4n) is 4.08. The first-order valence-electron chi connectivity index (χ1n) is 10.8. The Bertz CT molecular complexity index is 1020. The number of hydrogen-bond donors (Lipinski definition) is 2. The van der Waals surface area contributed by atoms with Crippen molar-refractivity contribution in [2.75, 3.05) is 27.2 Å². The fraction of sp³-hybridized carbons (Fsp3) is 0.458. The van der Waals surface area contributed by atoms with Gasteiger partial charge in [-0.1, -0.05) is 12.1 Å². The number of aromatic amines is 1. The van der Waals surface area contributed by atoms with Gasteiger partial charge in [0.2, 0.25) is 0 Å². The summed E-state index contributed by atoms with van der Waals surface area (Å²) in [5.74, 6) is -0.855. The average molecular weight is 441 g/mol. The van der Waals surface area contributed by atoms with Gasteiger partial charge in [0.1, 0.15) is 11.5 Å². The summed E-state index contributed by atoms with van der Waals surface area (Å²) in [6, 6.07) is 6.65. The second kappa shape index (κ2) is 9.56. The smallest absolute Gasteiger partial charge is 0.295 e. The van der Waals surface area contributed by atoms with Crippen LogP contribution < -0.4 is 4.74 Å². The minimum Gasteiger partial charge on any atom is -0.507 e. The van der Waals surface area contributed by atoms with Gasteiger partial charge in [-0.25, -0.2) is 0 Å². The number of aliphatic hydroxyl groups is 1. The maximum absolute atomic E-state index is 13.1. The monoisotopic (exact) mass is 440 g/mol. The maximum Gasteiger partial charge on any atom is 0.295 e. The maximum atomic E-state index is 13.1. The molecule has 2 N–H and O–H groups in total. The molecule has 0 saturated carbocycles. The highest BCUT2D eigenvalue weighted by Crippen LogP contribution is 2.41. The van der Waals surface area contributed by atoms with Crippen LogP contribution in [0.1, 0.15) is 48.8 Å². The SMILES string of the molecule is Cc1n[nH]c(C)c1/C(O)=C1\C(=O)C(=O)N(CCCN(C)C)[C@@H]1c1cccc(OC(C)C)c1. The van der Waals surface area contributed by atoms with Gasteiger partial charge in [-0.3, -0.25) is 14.7 Å². The number of carbonyl (C=O) groups is 2. The molecule has 172 valence electrons. The van der Waals surface area contributed by atoms with Gasteiger partial charge in [0.05, 0.1) is 29.0 Å². The molecule has 32 heavy (non-hydrogen) atoms. The third-order valence-corrected chi connectivity index (χ3v) is 5.45. The fourth-order valence-corrected chi connectivity index (χ4v) is 4.08. The lowest BCUT2D eigenvalue weighted by molar-refractivity contribution is -0.139. The summed E-state index contributed by atoms with van der Waals surface area (Å²) in [5, 5.41) is 18.2. The van der Waals surface area contributed by atoms with E-state index >= 15 is 0 Å². The molecule has 3 rings (SSSR count). The number of likely N-dealkylation sites (tertiary alicyclic amines) is 1. The van der Waals surface area contributed by atoms with Gasteiger partial charge >= 0.3 is 0 Å². The Hall–Kier alpha value is -3.13. The number of benzene rings is 1. The first kappa shape index (κ1) is 23.5. The number of Topliss-reactive ketones (excluding diaryl/α,β-unsaturated/α-hetero) is 1. The van der Waals surface area contributed by atoms with Crippen LogP contribution in [0.5, 0.6) is 5.75 Å². The molecule has 0 unspecified atom stereocenters. The molecule has 8 heteroatoms. The number of aromatic nitrogens is 2. The number of nitrogens with zero attached hydrogens (tertiary/aromatic N) is 3. The highest BCUT2D eigenvalue weighted by molar-refractivity contribution is 6.46. The molecule has 1 aliphatic rings. The molecular formula is C24H32N4O4. The zero-order valence-corrected chi connectivity index (χ0v) is 19.6. The van der Waals surface area contributed by atoms with E-state index < -0.39 is 17.7 Å². The van der Waals surface area contributed by atoms with Crippen molar-refractivity contribution in [2.24, 2.45) is 0 Å². The van der Waals surface area contributed by atoms with Crippen LogP contribution in [0.4, 0.5) is 0 Å². The number of amides is 1. The number of rotatable bonds is 8. The van der Waals surface area contributed by atoms with Crippen LogP contribution in [0.25, 0.3) is 5.76 Å². The molecular weight excluding hydrogens is 408 g/mol. The van der Waals surface area contributed by atoms with Crippen molar-refractivity contribution >= 4 is 17.4 Å². The average Bonchev–Trinajstić information content (AvgIpc) is 3.18. The van der Waals surface area contributed by atoms with E-state index in [0.717, 1.165) is 6.54 Å². The van der Waals surface area contributed by atoms with Gasteiger partial charge < -0.3 is 19.6 Å². The summed E-state index contributed by atoms with van der Waals surface area (Å²) < 4.78 is 5.83. The topological polar surface area (TPSA) is 98.8 Å². The summed E-state index contributed by atoms with van der Waals surface area (Å²) in [6.07, 6.45) is 0.677. The lowest BCUT2D eigenvalue weighted by atomic mass is 9.94. The number of aliphatic hydroxyl groups excluding tert-OH is 1. The molecule has 1 aliphatic heterocycles. The van der Waals surface area contributed by atoms with Crippen LogP contribution in [-0.2, 0) is 9.59 Å². The Morgan fingerprint density at radius 3 is 2.59 bits per heavy atom. The molecule has 8 nitrogen and oxygen atoms in total. The molecule has 0 aliphatic carbocycles. The predicted molar refractivity (Wildman–Crippen MR) is 122 cm³/mol. The van der Waals surface area contributed by atoms with Gasteiger partial charge in [-0.2, -0.15) is 5.10 Å². The van der Waals surface area contributed by atoms with Gasteiger partial charge in [0.25, 0.3) is 11.7 Å². The number of aryl methyl sites for hydroxylation is 2. The third kappa shape index (κ3) is 4.70. The summed E-state index contributed by atoms with van der Waals surface area (Å²) in [7, 11) is 3.92. The number of ketones is 1. The molecule has 1 fully saturated rings. The number of hydrogen-bond acceptors (Lipinski definition) is 6. The Labute approximate surface area is 188 Å². The first-order chi connectivity index (χ1) is 15.1. The van der Waals surface area contributed by atoms with Crippen molar-refractivity contribution < 1.29 is 19.4 Å². The largest absolute Gasteiger partial charge is 0.507 e. The van der Waals surface area contributed by atoms with E-state index in [1.54, 1.807) is 18.7 Å². The minimum absolute atomic E-state index is 0.0204. The van der Waals surface area contributed by atoms with Crippen LogP contribution in [0.15, 0.2) is 29.8 Å². The molecule has 1 saturated heterocycles. The molecule has 2 heterocycles. The number of nitrogens with one attached hydrogen (secondary N) is 1. The van der Waals surface area contributed by atoms with Gasteiger partial charge in [-0.15, -0.1) is 0 Å². The van der Waals surface area contributed by atoms with Crippen LogP contribution >= 0.6 is 0 Å². The van der Waals surface area contributed by atoms with E-state index in [0.29, 0.717) is 41.2 Å². The van der Waals surface area contributed by atoms with E-state index in [-0.39, 0.29) is 17.4 Å². The third-order valence-electron chi connectivity index (χ3n) is 5.45. The second-order valence-corrected chi connectivity index (χ2v) is 8.70. The van der Waals surface area contributed by atoms with E-state index in [9.17, 15) is 14.7 Å². The quantitative estimate of drug-likeness (QED) is 0.372. The van der Waals surface area contributed by atoms with Crippen LogP contribution in [0, 0.1) is 13.8 Å². The number of H-pyrrole nitrogens is 1. The Morgan fingerprint density at radius 2 is 2.00 bits per heavy atom.